The van der Waals surface area contributed by atoms with Gasteiger partial charge in [0, 0.05) is 13.1 Å². The van der Waals surface area contributed by atoms with Crippen molar-refractivity contribution in [3.05, 3.63) is 47.9 Å². The zero-order valence-electron chi connectivity index (χ0n) is 16.0. The fourth-order valence-electron chi connectivity index (χ4n) is 2.52. The Kier molecular flexibility index (Phi) is 6.90. The first-order valence-corrected chi connectivity index (χ1v) is 10.2. The molecule has 1 amide bonds. The van der Waals surface area contributed by atoms with Gasteiger partial charge in [-0.05, 0) is 42.7 Å². The van der Waals surface area contributed by atoms with Gasteiger partial charge < -0.3 is 18.2 Å². The first kappa shape index (κ1) is 20.8. The van der Waals surface area contributed by atoms with Crippen molar-refractivity contribution in [1.29, 1.82) is 0 Å². The predicted molar refractivity (Wildman–Crippen MR) is 101 cm³/mol. The zero-order chi connectivity index (χ0) is 20.0. The SMILES string of the molecule is CCS(=O)(=O)Oc1cc(CN(CC(C)C)C(=O)c2ccco2)ccc1OC. The molecule has 1 aromatic carbocycles. The van der Waals surface area contributed by atoms with Crippen LogP contribution in [0.15, 0.2) is 41.0 Å². The number of benzene rings is 1. The van der Waals surface area contributed by atoms with Gasteiger partial charge in [-0.25, -0.2) is 0 Å². The molecule has 148 valence electrons. The summed E-state index contributed by atoms with van der Waals surface area (Å²) in [7, 11) is -2.26. The molecule has 1 heterocycles. The minimum Gasteiger partial charge on any atom is -0.493 e. The third kappa shape index (κ3) is 5.75. The largest absolute Gasteiger partial charge is 0.493 e. The summed E-state index contributed by atoms with van der Waals surface area (Å²) in [6.45, 7) is 6.33. The van der Waals surface area contributed by atoms with Crippen LogP contribution in [0, 0.1) is 5.92 Å². The molecule has 0 atom stereocenters. The highest BCUT2D eigenvalue weighted by atomic mass is 32.2. The molecule has 0 saturated carbocycles. The van der Waals surface area contributed by atoms with E-state index in [0.29, 0.717) is 12.3 Å². The monoisotopic (exact) mass is 395 g/mol. The Morgan fingerprint density at radius 3 is 2.52 bits per heavy atom. The van der Waals surface area contributed by atoms with Crippen LogP contribution in [0.25, 0.3) is 0 Å². The number of furan rings is 1. The summed E-state index contributed by atoms with van der Waals surface area (Å²) >= 11 is 0. The molecule has 0 aliphatic carbocycles. The van der Waals surface area contributed by atoms with Crippen molar-refractivity contribution in [2.24, 2.45) is 5.92 Å². The Bertz CT molecular complexity index is 858. The Morgan fingerprint density at radius 2 is 1.96 bits per heavy atom. The van der Waals surface area contributed by atoms with Crippen molar-refractivity contribution in [3.63, 3.8) is 0 Å². The first-order valence-electron chi connectivity index (χ1n) is 8.67. The summed E-state index contributed by atoms with van der Waals surface area (Å²) in [6.07, 6.45) is 1.45. The number of carbonyl (C=O) groups excluding carboxylic acids is 1. The van der Waals surface area contributed by atoms with Crippen LogP contribution in [-0.4, -0.2) is 38.6 Å². The van der Waals surface area contributed by atoms with E-state index in [1.165, 1.54) is 20.3 Å². The Morgan fingerprint density at radius 1 is 1.22 bits per heavy atom. The molecular formula is C19H25NO6S. The third-order valence-corrected chi connectivity index (χ3v) is 4.92. The van der Waals surface area contributed by atoms with Crippen LogP contribution >= 0.6 is 0 Å². The molecule has 0 spiro atoms. The van der Waals surface area contributed by atoms with Crippen molar-refractivity contribution in [2.75, 3.05) is 19.4 Å². The fourth-order valence-corrected chi connectivity index (χ4v) is 3.04. The molecule has 0 saturated heterocycles. The van der Waals surface area contributed by atoms with Gasteiger partial charge in [0.15, 0.2) is 17.3 Å². The van der Waals surface area contributed by atoms with Gasteiger partial charge in [0.2, 0.25) is 0 Å². The molecule has 2 aromatic rings. The summed E-state index contributed by atoms with van der Waals surface area (Å²) in [5.74, 6) is 0.535. The van der Waals surface area contributed by atoms with E-state index in [-0.39, 0.29) is 35.6 Å². The first-order chi connectivity index (χ1) is 12.8. The molecule has 0 N–H and O–H groups in total. The highest BCUT2D eigenvalue weighted by molar-refractivity contribution is 7.87. The summed E-state index contributed by atoms with van der Waals surface area (Å²) < 4.78 is 39.2. The van der Waals surface area contributed by atoms with Crippen molar-refractivity contribution in [3.8, 4) is 11.5 Å². The average molecular weight is 395 g/mol. The second-order valence-corrected chi connectivity index (χ2v) is 8.33. The summed E-state index contributed by atoms with van der Waals surface area (Å²) in [6, 6.07) is 8.25. The lowest BCUT2D eigenvalue weighted by molar-refractivity contribution is 0.0690. The van der Waals surface area contributed by atoms with Crippen molar-refractivity contribution in [2.45, 2.75) is 27.3 Å². The van der Waals surface area contributed by atoms with Crippen LogP contribution < -0.4 is 8.92 Å². The van der Waals surface area contributed by atoms with Gasteiger partial charge >= 0.3 is 10.1 Å². The van der Waals surface area contributed by atoms with E-state index < -0.39 is 10.1 Å². The number of amides is 1. The highest BCUT2D eigenvalue weighted by Gasteiger charge is 2.21. The second kappa shape index (κ2) is 8.94. The molecule has 0 radical (unpaired) electrons. The predicted octanol–water partition coefficient (Wildman–Crippen LogP) is 3.32. The molecule has 8 heteroatoms. The lowest BCUT2D eigenvalue weighted by Crippen LogP contribution is -2.33. The maximum absolute atomic E-state index is 12.7. The maximum atomic E-state index is 12.7. The van der Waals surface area contributed by atoms with Crippen LogP contribution in [0.1, 0.15) is 36.9 Å². The molecule has 0 fully saturated rings. The lowest BCUT2D eigenvalue weighted by atomic mass is 10.1. The van der Waals surface area contributed by atoms with Crippen LogP contribution in [0.2, 0.25) is 0 Å². The Labute approximate surface area is 160 Å². The quantitative estimate of drug-likeness (QED) is 0.606. The van der Waals surface area contributed by atoms with Gasteiger partial charge in [0.1, 0.15) is 0 Å². The molecule has 0 aliphatic rings. The summed E-state index contributed by atoms with van der Waals surface area (Å²) in [5.41, 5.74) is 0.720. The van der Waals surface area contributed by atoms with Crippen LogP contribution in [0.4, 0.5) is 0 Å². The number of nitrogens with zero attached hydrogens (tertiary/aromatic N) is 1. The number of rotatable bonds is 9. The Balaban J connectivity index is 2.30. The van der Waals surface area contributed by atoms with Gasteiger partial charge in [-0.15, -0.1) is 0 Å². The zero-order valence-corrected chi connectivity index (χ0v) is 16.8. The van der Waals surface area contributed by atoms with E-state index in [1.807, 2.05) is 13.8 Å². The van der Waals surface area contributed by atoms with E-state index in [2.05, 4.69) is 0 Å². The fraction of sp³-hybridized carbons (Fsp3) is 0.421. The van der Waals surface area contributed by atoms with Crippen molar-refractivity contribution < 1.29 is 26.5 Å². The van der Waals surface area contributed by atoms with Crippen LogP contribution in [0.5, 0.6) is 11.5 Å². The van der Waals surface area contributed by atoms with Gasteiger partial charge in [0.05, 0.1) is 19.1 Å². The lowest BCUT2D eigenvalue weighted by Gasteiger charge is -2.24. The topological polar surface area (TPSA) is 86.1 Å². The number of ether oxygens (including phenoxy) is 1. The van der Waals surface area contributed by atoms with Gasteiger partial charge in [-0.3, -0.25) is 4.79 Å². The average Bonchev–Trinajstić information content (AvgIpc) is 3.15. The van der Waals surface area contributed by atoms with E-state index in [0.717, 1.165) is 5.56 Å². The van der Waals surface area contributed by atoms with Gasteiger partial charge in [0.25, 0.3) is 5.91 Å². The molecule has 7 nitrogen and oxygen atoms in total. The van der Waals surface area contributed by atoms with Crippen molar-refractivity contribution in [1.82, 2.24) is 4.90 Å². The molecule has 0 bridgehead atoms. The number of methoxy groups -OCH3 is 1. The van der Waals surface area contributed by atoms with Gasteiger partial charge in [-0.2, -0.15) is 8.42 Å². The molecule has 1 aromatic heterocycles. The standard InChI is InChI=1S/C19H25NO6S/c1-5-27(22,23)26-18-11-15(8-9-16(18)24-4)13-20(12-14(2)3)19(21)17-7-6-10-25-17/h6-11,14H,5,12-13H2,1-4H3. The number of hydrogen-bond donors (Lipinski definition) is 0. The maximum Gasteiger partial charge on any atom is 0.309 e. The van der Waals surface area contributed by atoms with E-state index in [9.17, 15) is 13.2 Å². The van der Waals surface area contributed by atoms with Gasteiger partial charge in [-0.1, -0.05) is 19.9 Å². The Hall–Kier alpha value is -2.48. The molecule has 2 rings (SSSR count). The minimum absolute atomic E-state index is 0.104. The molecule has 27 heavy (non-hydrogen) atoms. The number of carbonyl (C=O) groups is 1. The third-order valence-electron chi connectivity index (χ3n) is 3.78. The molecular weight excluding hydrogens is 370 g/mol. The van der Waals surface area contributed by atoms with Crippen LogP contribution in [-0.2, 0) is 16.7 Å². The van der Waals surface area contributed by atoms with Crippen LogP contribution in [0.3, 0.4) is 0 Å². The van der Waals surface area contributed by atoms with E-state index >= 15 is 0 Å². The summed E-state index contributed by atoms with van der Waals surface area (Å²) in [5, 5.41) is 0. The van der Waals surface area contributed by atoms with E-state index in [4.69, 9.17) is 13.3 Å². The second-order valence-electron chi connectivity index (χ2n) is 6.47. The molecule has 0 unspecified atom stereocenters. The normalized spacial score (nSPS) is 11.4. The minimum atomic E-state index is -3.70. The summed E-state index contributed by atoms with van der Waals surface area (Å²) in [4.78, 5) is 14.4. The smallest absolute Gasteiger partial charge is 0.309 e. The van der Waals surface area contributed by atoms with Crippen molar-refractivity contribution >= 4 is 16.0 Å². The highest BCUT2D eigenvalue weighted by Crippen LogP contribution is 2.30. The number of hydrogen-bond acceptors (Lipinski definition) is 6. The van der Waals surface area contributed by atoms with E-state index in [1.54, 1.807) is 35.2 Å². The molecule has 0 aliphatic heterocycles.